The van der Waals surface area contributed by atoms with Gasteiger partial charge in [-0.1, -0.05) is 62.2 Å². The fourth-order valence-electron chi connectivity index (χ4n) is 3.51. The molecule has 1 aliphatic carbocycles. The Morgan fingerprint density at radius 2 is 1.90 bits per heavy atom. The molecule has 0 amide bonds. The summed E-state index contributed by atoms with van der Waals surface area (Å²) in [6.07, 6.45) is 5.28. The molecule has 0 spiro atoms. The Bertz CT molecular complexity index is 609. The van der Waals surface area contributed by atoms with E-state index in [2.05, 4.69) is 49.4 Å². The lowest BCUT2D eigenvalue weighted by Gasteiger charge is -2.25. The van der Waals surface area contributed by atoms with Crippen molar-refractivity contribution in [1.82, 2.24) is 0 Å². The van der Waals surface area contributed by atoms with E-state index in [1.165, 1.54) is 29.2 Å². The number of carbonyl (C=O) groups is 1. The molecule has 104 valence electrons. The maximum Gasteiger partial charge on any atom is 0.140 e. The molecule has 1 aliphatic rings. The van der Waals surface area contributed by atoms with E-state index in [4.69, 9.17) is 0 Å². The summed E-state index contributed by atoms with van der Waals surface area (Å²) in [5.41, 5.74) is 1.19. The number of Topliss-reactive ketones (excluding diaryl/α,β-unsaturated/α-hetero) is 1. The third-order valence-corrected chi connectivity index (χ3v) is 4.64. The summed E-state index contributed by atoms with van der Waals surface area (Å²) in [6.45, 7) is 2.28. The molecule has 0 heterocycles. The van der Waals surface area contributed by atoms with Crippen LogP contribution in [0, 0.1) is 11.8 Å². The topological polar surface area (TPSA) is 17.1 Å². The van der Waals surface area contributed by atoms with Gasteiger partial charge in [-0.05, 0) is 35.1 Å². The number of carbonyl (C=O) groups excluding carboxylic acids is 1. The zero-order chi connectivity index (χ0) is 13.9. The van der Waals surface area contributed by atoms with Crippen molar-refractivity contribution in [3.8, 4) is 0 Å². The average Bonchev–Trinajstić information content (AvgIpc) is 2.47. The molecule has 0 saturated heterocycles. The second-order valence-corrected chi connectivity index (χ2v) is 6.25. The van der Waals surface area contributed by atoms with E-state index in [0.29, 0.717) is 18.1 Å². The highest BCUT2D eigenvalue weighted by Gasteiger charge is 2.25. The van der Waals surface area contributed by atoms with Crippen LogP contribution in [0.3, 0.4) is 0 Å². The second-order valence-electron chi connectivity index (χ2n) is 6.25. The quantitative estimate of drug-likeness (QED) is 0.781. The second kappa shape index (κ2) is 5.78. The minimum atomic E-state index is 0.290. The van der Waals surface area contributed by atoms with Crippen molar-refractivity contribution in [2.45, 2.75) is 39.0 Å². The molecular weight excluding hydrogens is 244 g/mol. The molecular formula is C19H22O. The molecule has 2 aromatic carbocycles. The van der Waals surface area contributed by atoms with Gasteiger partial charge in [0.25, 0.3) is 0 Å². The molecule has 2 atom stereocenters. The van der Waals surface area contributed by atoms with Crippen LogP contribution in [0.25, 0.3) is 10.8 Å². The highest BCUT2D eigenvalue weighted by molar-refractivity contribution is 5.91. The fraction of sp³-hybridized carbons (Fsp3) is 0.421. The van der Waals surface area contributed by atoms with E-state index >= 15 is 0 Å². The van der Waals surface area contributed by atoms with Crippen LogP contribution in [0.15, 0.2) is 42.5 Å². The first-order chi connectivity index (χ1) is 9.74. The largest absolute Gasteiger partial charge is 0.299 e. The van der Waals surface area contributed by atoms with Gasteiger partial charge in [-0.2, -0.15) is 0 Å². The predicted octanol–water partition coefficient (Wildman–Crippen LogP) is 4.78. The highest BCUT2D eigenvalue weighted by Crippen LogP contribution is 2.30. The number of hydrogen-bond acceptors (Lipinski definition) is 1. The van der Waals surface area contributed by atoms with Crippen LogP contribution in [-0.4, -0.2) is 5.78 Å². The molecule has 0 N–H and O–H groups in total. The van der Waals surface area contributed by atoms with Crippen molar-refractivity contribution >= 4 is 16.6 Å². The van der Waals surface area contributed by atoms with Crippen molar-refractivity contribution in [3.05, 3.63) is 48.0 Å². The molecule has 1 fully saturated rings. The molecule has 1 saturated carbocycles. The van der Waals surface area contributed by atoms with Crippen molar-refractivity contribution < 1.29 is 4.79 Å². The molecule has 0 bridgehead atoms. The first kappa shape index (κ1) is 13.4. The Labute approximate surface area is 121 Å². The van der Waals surface area contributed by atoms with Gasteiger partial charge in [-0.25, -0.2) is 0 Å². The highest BCUT2D eigenvalue weighted by atomic mass is 16.1. The van der Waals surface area contributed by atoms with Gasteiger partial charge < -0.3 is 0 Å². The van der Waals surface area contributed by atoms with Crippen LogP contribution < -0.4 is 0 Å². The minimum absolute atomic E-state index is 0.290. The van der Waals surface area contributed by atoms with Gasteiger partial charge >= 0.3 is 0 Å². The first-order valence-electron chi connectivity index (χ1n) is 7.73. The third-order valence-electron chi connectivity index (χ3n) is 4.64. The van der Waals surface area contributed by atoms with Crippen LogP contribution in [0.1, 0.15) is 38.2 Å². The standard InChI is InChI=1S/C19H22O/c1-14-6-4-10-17(12-14)19(20)13-16-9-5-8-15-7-2-3-11-18(15)16/h2-3,5,7-9,11,14,17H,4,6,10,12-13H2,1H3. The summed E-state index contributed by atoms with van der Waals surface area (Å²) in [6, 6.07) is 14.6. The number of ketones is 1. The molecule has 0 aromatic heterocycles. The first-order valence-corrected chi connectivity index (χ1v) is 7.73. The van der Waals surface area contributed by atoms with Gasteiger partial charge in [-0.15, -0.1) is 0 Å². The van der Waals surface area contributed by atoms with Crippen molar-refractivity contribution in [3.63, 3.8) is 0 Å². The van der Waals surface area contributed by atoms with E-state index in [0.717, 1.165) is 12.8 Å². The van der Waals surface area contributed by atoms with Crippen molar-refractivity contribution in [2.75, 3.05) is 0 Å². The Morgan fingerprint density at radius 1 is 1.10 bits per heavy atom. The normalized spacial score (nSPS) is 22.9. The maximum absolute atomic E-state index is 12.6. The molecule has 0 aliphatic heterocycles. The van der Waals surface area contributed by atoms with E-state index in [-0.39, 0.29) is 5.92 Å². The van der Waals surface area contributed by atoms with Crippen LogP contribution >= 0.6 is 0 Å². The number of benzene rings is 2. The number of rotatable bonds is 3. The predicted molar refractivity (Wildman–Crippen MR) is 83.8 cm³/mol. The Morgan fingerprint density at radius 3 is 2.75 bits per heavy atom. The number of hydrogen-bond donors (Lipinski definition) is 0. The summed E-state index contributed by atoms with van der Waals surface area (Å²) < 4.78 is 0. The smallest absolute Gasteiger partial charge is 0.140 e. The Hall–Kier alpha value is -1.63. The van der Waals surface area contributed by atoms with E-state index in [1.807, 2.05) is 0 Å². The maximum atomic E-state index is 12.6. The zero-order valence-corrected chi connectivity index (χ0v) is 12.1. The minimum Gasteiger partial charge on any atom is -0.299 e. The Balaban J connectivity index is 1.80. The van der Waals surface area contributed by atoms with Crippen molar-refractivity contribution in [2.24, 2.45) is 11.8 Å². The summed E-state index contributed by atoms with van der Waals surface area (Å²) in [5.74, 6) is 1.44. The molecule has 1 heteroatoms. The lowest BCUT2D eigenvalue weighted by atomic mass is 9.79. The van der Waals surface area contributed by atoms with E-state index in [9.17, 15) is 4.79 Å². The molecule has 3 rings (SSSR count). The Kier molecular flexibility index (Phi) is 3.86. The van der Waals surface area contributed by atoms with E-state index in [1.54, 1.807) is 0 Å². The van der Waals surface area contributed by atoms with Gasteiger partial charge in [0.1, 0.15) is 5.78 Å². The zero-order valence-electron chi connectivity index (χ0n) is 12.1. The van der Waals surface area contributed by atoms with Crippen LogP contribution in [0.5, 0.6) is 0 Å². The summed E-state index contributed by atoms with van der Waals surface area (Å²) in [7, 11) is 0. The van der Waals surface area contributed by atoms with Crippen LogP contribution in [-0.2, 0) is 11.2 Å². The number of fused-ring (bicyclic) bond motifs is 1. The third kappa shape index (κ3) is 2.77. The molecule has 2 unspecified atom stereocenters. The fourth-order valence-corrected chi connectivity index (χ4v) is 3.51. The summed E-state index contributed by atoms with van der Waals surface area (Å²) in [5, 5.41) is 2.46. The van der Waals surface area contributed by atoms with Gasteiger partial charge in [-0.3, -0.25) is 4.79 Å². The summed E-state index contributed by atoms with van der Waals surface area (Å²) in [4.78, 5) is 12.6. The van der Waals surface area contributed by atoms with Gasteiger partial charge in [0.05, 0.1) is 0 Å². The van der Waals surface area contributed by atoms with Crippen molar-refractivity contribution in [1.29, 1.82) is 0 Å². The van der Waals surface area contributed by atoms with E-state index < -0.39 is 0 Å². The molecule has 0 radical (unpaired) electrons. The molecule has 2 aromatic rings. The molecule has 1 nitrogen and oxygen atoms in total. The van der Waals surface area contributed by atoms with Gasteiger partial charge in [0.15, 0.2) is 0 Å². The SMILES string of the molecule is CC1CCCC(C(=O)Cc2cccc3ccccc23)C1. The molecule has 20 heavy (non-hydrogen) atoms. The lowest BCUT2D eigenvalue weighted by Crippen LogP contribution is -2.23. The lowest BCUT2D eigenvalue weighted by molar-refractivity contribution is -0.123. The average molecular weight is 266 g/mol. The van der Waals surface area contributed by atoms with Gasteiger partial charge in [0.2, 0.25) is 0 Å². The van der Waals surface area contributed by atoms with Crippen LogP contribution in [0.2, 0.25) is 0 Å². The van der Waals surface area contributed by atoms with Gasteiger partial charge in [0, 0.05) is 12.3 Å². The van der Waals surface area contributed by atoms with Crippen LogP contribution in [0.4, 0.5) is 0 Å². The monoisotopic (exact) mass is 266 g/mol. The summed E-state index contributed by atoms with van der Waals surface area (Å²) >= 11 is 0.